The molecule has 6 heteroatoms. The van der Waals surface area contributed by atoms with E-state index < -0.39 is 36.0 Å². The van der Waals surface area contributed by atoms with Crippen molar-refractivity contribution in [3.05, 3.63) is 65.7 Å². The van der Waals surface area contributed by atoms with Gasteiger partial charge in [0.05, 0.1) is 5.92 Å². The van der Waals surface area contributed by atoms with Crippen LogP contribution < -0.4 is 5.32 Å². The molecule has 0 aliphatic heterocycles. The third-order valence-corrected chi connectivity index (χ3v) is 3.39. The molecule has 1 atom stereocenters. The Kier molecular flexibility index (Phi) is 6.01. The fourth-order valence-corrected chi connectivity index (χ4v) is 2.28. The molecular weight excluding hydrogens is 316 g/mol. The third kappa shape index (κ3) is 4.87. The van der Waals surface area contributed by atoms with E-state index in [1.165, 1.54) is 0 Å². The molecule has 2 aromatic carbocycles. The summed E-state index contributed by atoms with van der Waals surface area (Å²) in [5.74, 6) is -3.28. The number of esters is 1. The van der Waals surface area contributed by atoms with Crippen molar-refractivity contribution in [2.75, 3.05) is 11.9 Å². The van der Waals surface area contributed by atoms with E-state index in [-0.39, 0.29) is 5.69 Å². The molecule has 1 N–H and O–H groups in total. The van der Waals surface area contributed by atoms with E-state index in [9.17, 15) is 18.4 Å². The number of nitrogens with one attached hydrogen (secondary N) is 1. The van der Waals surface area contributed by atoms with Crippen LogP contribution in [0.15, 0.2) is 48.5 Å². The molecule has 0 radical (unpaired) electrons. The average Bonchev–Trinajstić information content (AvgIpc) is 2.53. The number of hydrogen-bond acceptors (Lipinski definition) is 3. The Labute approximate surface area is 138 Å². The number of ether oxygens (including phenoxy) is 1. The maximum Gasteiger partial charge on any atom is 0.313 e. The van der Waals surface area contributed by atoms with Crippen LogP contribution in [0, 0.1) is 11.6 Å². The van der Waals surface area contributed by atoms with Crippen LogP contribution >= 0.6 is 0 Å². The van der Waals surface area contributed by atoms with E-state index in [0.29, 0.717) is 12.5 Å². The third-order valence-electron chi connectivity index (χ3n) is 3.39. The monoisotopic (exact) mass is 333 g/mol. The predicted octanol–water partition coefficient (Wildman–Crippen LogP) is 3.64. The van der Waals surface area contributed by atoms with Gasteiger partial charge in [-0.1, -0.05) is 37.3 Å². The lowest BCUT2D eigenvalue weighted by atomic mass is 9.97. The van der Waals surface area contributed by atoms with Gasteiger partial charge in [0.2, 0.25) is 0 Å². The van der Waals surface area contributed by atoms with Crippen molar-refractivity contribution in [3.8, 4) is 0 Å². The highest BCUT2D eigenvalue weighted by molar-refractivity contribution is 5.93. The fraction of sp³-hybridized carbons (Fsp3) is 0.222. The van der Waals surface area contributed by atoms with E-state index in [2.05, 4.69) is 5.32 Å². The number of benzene rings is 2. The molecule has 0 spiro atoms. The van der Waals surface area contributed by atoms with E-state index in [0.717, 1.165) is 17.7 Å². The minimum Gasteiger partial charge on any atom is -0.455 e. The second kappa shape index (κ2) is 8.19. The number of carbonyl (C=O) groups excluding carboxylic acids is 2. The van der Waals surface area contributed by atoms with Gasteiger partial charge in [-0.3, -0.25) is 9.59 Å². The largest absolute Gasteiger partial charge is 0.455 e. The van der Waals surface area contributed by atoms with Crippen LogP contribution in [0.3, 0.4) is 0 Å². The van der Waals surface area contributed by atoms with Crippen LogP contribution in [0.1, 0.15) is 24.8 Å². The maximum absolute atomic E-state index is 13.1. The van der Waals surface area contributed by atoms with Gasteiger partial charge in [0.1, 0.15) is 11.6 Å². The Morgan fingerprint density at radius 1 is 1.08 bits per heavy atom. The zero-order valence-corrected chi connectivity index (χ0v) is 13.1. The quantitative estimate of drug-likeness (QED) is 0.821. The van der Waals surface area contributed by atoms with Crippen molar-refractivity contribution in [3.63, 3.8) is 0 Å². The molecule has 0 heterocycles. The molecular formula is C18H17F2NO3. The van der Waals surface area contributed by atoms with Crippen molar-refractivity contribution in [2.45, 2.75) is 19.3 Å². The minimum atomic E-state index is -0.808. The maximum atomic E-state index is 13.1. The van der Waals surface area contributed by atoms with Gasteiger partial charge in [0.25, 0.3) is 5.91 Å². The van der Waals surface area contributed by atoms with Crippen molar-refractivity contribution >= 4 is 17.6 Å². The van der Waals surface area contributed by atoms with Gasteiger partial charge < -0.3 is 10.1 Å². The average molecular weight is 333 g/mol. The molecule has 2 rings (SSSR count). The normalized spacial score (nSPS) is 11.6. The smallest absolute Gasteiger partial charge is 0.313 e. The van der Waals surface area contributed by atoms with Crippen LogP contribution in [-0.4, -0.2) is 18.5 Å². The van der Waals surface area contributed by atoms with Gasteiger partial charge >= 0.3 is 5.97 Å². The molecule has 0 unspecified atom stereocenters. The molecule has 0 bridgehead atoms. The van der Waals surface area contributed by atoms with Gasteiger partial charge in [-0.2, -0.15) is 0 Å². The number of carbonyl (C=O) groups is 2. The lowest BCUT2D eigenvalue weighted by Gasteiger charge is -2.14. The lowest BCUT2D eigenvalue weighted by Crippen LogP contribution is -2.24. The minimum absolute atomic E-state index is 0.0383. The van der Waals surface area contributed by atoms with Gasteiger partial charge in [0.15, 0.2) is 6.61 Å². The fourth-order valence-electron chi connectivity index (χ4n) is 2.28. The second-order valence-corrected chi connectivity index (χ2v) is 5.19. The summed E-state index contributed by atoms with van der Waals surface area (Å²) in [6, 6.07) is 11.7. The summed E-state index contributed by atoms with van der Waals surface area (Å²) >= 11 is 0. The molecule has 4 nitrogen and oxygen atoms in total. The van der Waals surface area contributed by atoms with Crippen molar-refractivity contribution in [1.82, 2.24) is 0 Å². The Hall–Kier alpha value is -2.76. The van der Waals surface area contributed by atoms with E-state index in [4.69, 9.17) is 4.74 Å². The molecule has 0 aromatic heterocycles. The molecule has 1 amide bonds. The number of hydrogen-bond donors (Lipinski definition) is 1. The van der Waals surface area contributed by atoms with E-state index in [1.807, 2.05) is 37.3 Å². The zero-order valence-electron chi connectivity index (χ0n) is 13.1. The van der Waals surface area contributed by atoms with E-state index in [1.54, 1.807) is 0 Å². The van der Waals surface area contributed by atoms with Gasteiger partial charge in [-0.25, -0.2) is 8.78 Å². The number of anilines is 1. The lowest BCUT2D eigenvalue weighted by molar-refractivity contribution is -0.149. The topological polar surface area (TPSA) is 55.4 Å². The first-order valence-corrected chi connectivity index (χ1v) is 7.47. The Morgan fingerprint density at radius 2 is 1.71 bits per heavy atom. The Morgan fingerprint density at radius 3 is 2.29 bits per heavy atom. The molecule has 0 saturated heterocycles. The first kappa shape index (κ1) is 17.6. The van der Waals surface area contributed by atoms with Crippen molar-refractivity contribution in [2.24, 2.45) is 0 Å². The highest BCUT2D eigenvalue weighted by atomic mass is 19.1. The highest BCUT2D eigenvalue weighted by Crippen LogP contribution is 2.20. The molecule has 126 valence electrons. The Balaban J connectivity index is 1.91. The van der Waals surface area contributed by atoms with Crippen molar-refractivity contribution < 1.29 is 23.1 Å². The van der Waals surface area contributed by atoms with Crippen LogP contribution in [-0.2, 0) is 14.3 Å². The Bertz CT molecular complexity index is 699. The number of halogens is 2. The summed E-state index contributed by atoms with van der Waals surface area (Å²) in [7, 11) is 0. The van der Waals surface area contributed by atoms with E-state index >= 15 is 0 Å². The zero-order chi connectivity index (χ0) is 17.5. The van der Waals surface area contributed by atoms with Gasteiger partial charge in [-0.05, 0) is 24.1 Å². The number of amides is 1. The molecule has 0 fully saturated rings. The molecule has 24 heavy (non-hydrogen) atoms. The van der Waals surface area contributed by atoms with Crippen LogP contribution in [0.5, 0.6) is 0 Å². The standard InChI is InChI=1S/C18H17F2NO3/c1-2-16(12-6-4-3-5-7-12)18(23)24-11-17(22)21-15-9-13(19)8-14(20)10-15/h3-10,16H,2,11H2,1H3,(H,21,22)/t16-/m0/s1. The molecule has 0 saturated carbocycles. The summed E-state index contributed by atoms with van der Waals surface area (Å²) in [5.41, 5.74) is 0.765. The summed E-state index contributed by atoms with van der Waals surface area (Å²) in [5, 5.41) is 2.28. The molecule has 0 aliphatic rings. The van der Waals surface area contributed by atoms with Gasteiger partial charge in [-0.15, -0.1) is 0 Å². The summed E-state index contributed by atoms with van der Waals surface area (Å²) < 4.78 is 31.1. The molecule has 0 aliphatic carbocycles. The van der Waals surface area contributed by atoms with Crippen LogP contribution in [0.2, 0.25) is 0 Å². The molecule has 2 aromatic rings. The van der Waals surface area contributed by atoms with Crippen LogP contribution in [0.4, 0.5) is 14.5 Å². The summed E-state index contributed by atoms with van der Waals surface area (Å²) in [6.45, 7) is 1.31. The highest BCUT2D eigenvalue weighted by Gasteiger charge is 2.21. The first-order valence-electron chi connectivity index (χ1n) is 7.47. The van der Waals surface area contributed by atoms with Crippen molar-refractivity contribution in [1.29, 1.82) is 0 Å². The summed E-state index contributed by atoms with van der Waals surface area (Å²) in [4.78, 5) is 23.9. The van der Waals surface area contributed by atoms with Gasteiger partial charge in [0, 0.05) is 11.8 Å². The summed E-state index contributed by atoms with van der Waals surface area (Å²) in [6.07, 6.45) is 0.527. The SMILES string of the molecule is CC[C@H](C(=O)OCC(=O)Nc1cc(F)cc(F)c1)c1ccccc1. The first-order chi connectivity index (χ1) is 11.5. The second-order valence-electron chi connectivity index (χ2n) is 5.19. The number of rotatable bonds is 6. The predicted molar refractivity (Wildman–Crippen MR) is 85.4 cm³/mol. The van der Waals surface area contributed by atoms with Crippen LogP contribution in [0.25, 0.3) is 0 Å².